The van der Waals surface area contributed by atoms with Crippen LogP contribution in [0.5, 0.6) is 11.5 Å². The van der Waals surface area contributed by atoms with Crippen molar-refractivity contribution in [2.75, 3.05) is 13.2 Å². The number of rotatable bonds is 10. The van der Waals surface area contributed by atoms with Crippen LogP contribution < -0.4 is 31.2 Å². The van der Waals surface area contributed by atoms with Crippen LogP contribution >= 0.6 is 0 Å². The van der Waals surface area contributed by atoms with Gasteiger partial charge in [-0.25, -0.2) is 0 Å². The molecule has 230 valence electrons. The molecule has 10 nitrogen and oxygen atoms in total. The minimum Gasteiger partial charge on any atom is -0.483 e. The maximum atomic E-state index is 12.5. The van der Waals surface area contributed by atoms with Crippen molar-refractivity contribution in [3.63, 3.8) is 0 Å². The van der Waals surface area contributed by atoms with E-state index in [4.69, 9.17) is 9.47 Å². The summed E-state index contributed by atoms with van der Waals surface area (Å²) in [6, 6.07) is 39.6. The molecule has 5 aromatic rings. The summed E-state index contributed by atoms with van der Waals surface area (Å²) in [5.74, 6) is -1.24. The minimum atomic E-state index is -0.591. The van der Waals surface area contributed by atoms with E-state index in [2.05, 4.69) is 21.7 Å². The highest BCUT2D eigenvalue weighted by molar-refractivity contribution is 5.99. The Kier molecular flexibility index (Phi) is 10.4. The summed E-state index contributed by atoms with van der Waals surface area (Å²) in [5, 5.41) is 0. The first-order chi connectivity index (χ1) is 22.5. The number of para-hydroxylation sites is 2. The molecule has 4 amide bonds. The van der Waals surface area contributed by atoms with Crippen molar-refractivity contribution < 1.29 is 28.7 Å². The first kappa shape index (κ1) is 31.0. The normalized spacial score (nSPS) is 10.3. The number of hydrogen-bond donors (Lipinski definition) is 4. The maximum Gasteiger partial charge on any atom is 0.276 e. The molecular weight excluding hydrogens is 584 g/mol. The van der Waals surface area contributed by atoms with E-state index in [0.29, 0.717) is 11.5 Å². The van der Waals surface area contributed by atoms with E-state index in [9.17, 15) is 19.2 Å². The SMILES string of the molecule is O=C(COc1ccccc1-c1ccccc1)NNC(=O)c1ccc(C(=O)NNC(=O)COc2ccccc2-c2ccccc2)cc1. The van der Waals surface area contributed by atoms with E-state index < -0.39 is 23.6 Å². The topological polar surface area (TPSA) is 135 Å². The van der Waals surface area contributed by atoms with Gasteiger partial charge in [0.15, 0.2) is 13.2 Å². The van der Waals surface area contributed by atoms with Gasteiger partial charge >= 0.3 is 0 Å². The number of ether oxygens (including phenoxy) is 2. The molecule has 0 aliphatic carbocycles. The molecule has 0 aliphatic rings. The summed E-state index contributed by atoms with van der Waals surface area (Å²) in [6.45, 7) is -0.640. The fraction of sp³-hybridized carbons (Fsp3) is 0.0556. The van der Waals surface area contributed by atoms with Crippen molar-refractivity contribution in [2.45, 2.75) is 0 Å². The Bertz CT molecular complexity index is 1680. The van der Waals surface area contributed by atoms with Crippen molar-refractivity contribution >= 4 is 23.6 Å². The highest BCUT2D eigenvalue weighted by atomic mass is 16.5. The van der Waals surface area contributed by atoms with Crippen LogP contribution in [0.4, 0.5) is 0 Å². The third-order valence-electron chi connectivity index (χ3n) is 6.70. The summed E-state index contributed by atoms with van der Waals surface area (Å²) in [4.78, 5) is 49.7. The van der Waals surface area contributed by atoms with Gasteiger partial charge in [-0.05, 0) is 47.5 Å². The van der Waals surface area contributed by atoms with Crippen molar-refractivity contribution in [2.24, 2.45) is 0 Å². The summed E-state index contributed by atoms with van der Waals surface area (Å²) in [7, 11) is 0. The van der Waals surface area contributed by atoms with Crippen LogP contribution in [0.25, 0.3) is 22.3 Å². The second kappa shape index (κ2) is 15.3. The van der Waals surface area contributed by atoms with E-state index in [1.807, 2.05) is 84.9 Å². The number of benzene rings is 5. The summed E-state index contributed by atoms with van der Waals surface area (Å²) < 4.78 is 11.4. The second-order valence-corrected chi connectivity index (χ2v) is 9.88. The van der Waals surface area contributed by atoms with Crippen LogP contribution in [0.1, 0.15) is 20.7 Å². The van der Waals surface area contributed by atoms with E-state index in [1.165, 1.54) is 24.3 Å². The van der Waals surface area contributed by atoms with Crippen LogP contribution in [0.2, 0.25) is 0 Å². The Morgan fingerprint density at radius 2 is 0.761 bits per heavy atom. The standard InChI is InChI=1S/C36H30N4O6/c41-33(23-45-31-17-9-7-15-29(31)25-11-3-1-4-12-25)37-39-35(43)27-19-21-28(22-20-27)36(44)40-38-34(42)24-46-32-18-10-8-16-30(32)26-13-5-2-6-14-26/h1-22H,23-24H2,(H,37,41)(H,38,42)(H,39,43)(H,40,44). The summed E-state index contributed by atoms with van der Waals surface area (Å²) in [5.41, 5.74) is 13.2. The molecule has 0 fully saturated rings. The Labute approximate surface area is 265 Å². The zero-order chi connectivity index (χ0) is 32.1. The molecule has 0 bridgehead atoms. The molecule has 0 saturated carbocycles. The molecular formula is C36H30N4O6. The molecule has 46 heavy (non-hydrogen) atoms. The molecule has 5 aromatic carbocycles. The fourth-order valence-corrected chi connectivity index (χ4v) is 4.43. The van der Waals surface area contributed by atoms with Gasteiger partial charge in [0.2, 0.25) is 0 Å². The van der Waals surface area contributed by atoms with Crippen molar-refractivity contribution in [3.8, 4) is 33.8 Å². The van der Waals surface area contributed by atoms with Gasteiger partial charge in [-0.3, -0.25) is 40.9 Å². The van der Waals surface area contributed by atoms with Gasteiger partial charge < -0.3 is 9.47 Å². The van der Waals surface area contributed by atoms with Gasteiger partial charge in [0.05, 0.1) is 0 Å². The van der Waals surface area contributed by atoms with Crippen LogP contribution in [0, 0.1) is 0 Å². The first-order valence-electron chi connectivity index (χ1n) is 14.3. The van der Waals surface area contributed by atoms with Gasteiger partial charge in [0, 0.05) is 22.3 Å². The van der Waals surface area contributed by atoms with E-state index in [0.717, 1.165) is 22.3 Å². The first-order valence-corrected chi connectivity index (χ1v) is 14.3. The average molecular weight is 615 g/mol. The smallest absolute Gasteiger partial charge is 0.276 e. The largest absolute Gasteiger partial charge is 0.483 e. The lowest BCUT2D eigenvalue weighted by molar-refractivity contribution is -0.124. The summed E-state index contributed by atoms with van der Waals surface area (Å²) in [6.07, 6.45) is 0. The number of nitrogens with one attached hydrogen (secondary N) is 4. The molecule has 0 atom stereocenters. The molecule has 0 aliphatic heterocycles. The van der Waals surface area contributed by atoms with E-state index in [-0.39, 0.29) is 24.3 Å². The molecule has 10 heteroatoms. The van der Waals surface area contributed by atoms with Crippen LogP contribution in [0.15, 0.2) is 133 Å². The van der Waals surface area contributed by atoms with Gasteiger partial charge in [-0.1, -0.05) is 97.1 Å². The Balaban J connectivity index is 1.05. The predicted octanol–water partition coefficient (Wildman–Crippen LogP) is 4.70. The van der Waals surface area contributed by atoms with Gasteiger partial charge in [-0.2, -0.15) is 0 Å². The maximum absolute atomic E-state index is 12.5. The lowest BCUT2D eigenvalue weighted by Gasteiger charge is -2.13. The molecule has 4 N–H and O–H groups in total. The number of carbonyl (C=O) groups is 4. The molecule has 0 aromatic heterocycles. The number of carbonyl (C=O) groups excluding carboxylic acids is 4. The third kappa shape index (κ3) is 8.35. The number of amides is 4. The Hall–Kier alpha value is -6.42. The Morgan fingerprint density at radius 1 is 0.413 bits per heavy atom. The zero-order valence-electron chi connectivity index (χ0n) is 24.6. The van der Waals surface area contributed by atoms with Crippen molar-refractivity contribution in [1.29, 1.82) is 0 Å². The minimum absolute atomic E-state index is 0.196. The third-order valence-corrected chi connectivity index (χ3v) is 6.70. The fourth-order valence-electron chi connectivity index (χ4n) is 4.43. The molecule has 0 heterocycles. The van der Waals surface area contributed by atoms with Crippen LogP contribution in [-0.2, 0) is 9.59 Å². The lowest BCUT2D eigenvalue weighted by atomic mass is 10.1. The lowest BCUT2D eigenvalue weighted by Crippen LogP contribution is -2.44. The van der Waals surface area contributed by atoms with Gasteiger partial charge in [-0.15, -0.1) is 0 Å². The average Bonchev–Trinajstić information content (AvgIpc) is 3.12. The Morgan fingerprint density at radius 3 is 1.15 bits per heavy atom. The van der Waals surface area contributed by atoms with Crippen LogP contribution in [0.3, 0.4) is 0 Å². The number of hydrogen-bond acceptors (Lipinski definition) is 6. The monoisotopic (exact) mass is 614 g/mol. The van der Waals surface area contributed by atoms with E-state index in [1.54, 1.807) is 24.3 Å². The molecule has 0 radical (unpaired) electrons. The highest BCUT2D eigenvalue weighted by Gasteiger charge is 2.13. The molecule has 0 unspecified atom stereocenters. The highest BCUT2D eigenvalue weighted by Crippen LogP contribution is 2.30. The van der Waals surface area contributed by atoms with Gasteiger partial charge in [0.25, 0.3) is 23.6 Å². The van der Waals surface area contributed by atoms with Crippen molar-refractivity contribution in [3.05, 3.63) is 145 Å². The van der Waals surface area contributed by atoms with Crippen LogP contribution in [-0.4, -0.2) is 36.8 Å². The van der Waals surface area contributed by atoms with Gasteiger partial charge in [0.1, 0.15) is 11.5 Å². The second-order valence-electron chi connectivity index (χ2n) is 9.88. The molecule has 5 rings (SSSR count). The predicted molar refractivity (Wildman–Crippen MR) is 172 cm³/mol. The molecule has 0 spiro atoms. The quantitative estimate of drug-likeness (QED) is 0.169. The zero-order valence-corrected chi connectivity index (χ0v) is 24.6. The number of hydrazine groups is 2. The summed E-state index contributed by atoms with van der Waals surface area (Å²) >= 11 is 0. The van der Waals surface area contributed by atoms with E-state index >= 15 is 0 Å². The van der Waals surface area contributed by atoms with Crippen molar-refractivity contribution in [1.82, 2.24) is 21.7 Å². The molecule has 0 saturated heterocycles.